The molecule has 0 saturated carbocycles. The first-order valence-corrected chi connectivity index (χ1v) is 4.88. The van der Waals surface area contributed by atoms with E-state index in [1.54, 1.807) is 0 Å². The molecule has 3 nitrogen and oxygen atoms in total. The lowest BCUT2D eigenvalue weighted by Crippen LogP contribution is -2.33. The minimum Gasteiger partial charge on any atom is -0.465 e. The molecule has 3 heteroatoms. The molecule has 0 aliphatic rings. The number of rotatable bonds is 4. The van der Waals surface area contributed by atoms with E-state index >= 15 is 0 Å². The highest BCUT2D eigenvalue weighted by molar-refractivity contribution is 5.66. The quantitative estimate of drug-likeness (QED) is 0.763. The standard InChI is InChI=1S/C12H16O3/c1-10(14)15-9-12(2,8-13)11-6-4-3-5-7-11/h3-7,13H,8-9H2,1-2H3/t12-/m0/s1. The summed E-state index contributed by atoms with van der Waals surface area (Å²) in [6, 6.07) is 9.54. The molecular formula is C12H16O3. The summed E-state index contributed by atoms with van der Waals surface area (Å²) in [5, 5.41) is 9.36. The third kappa shape index (κ3) is 3.06. The van der Waals surface area contributed by atoms with E-state index in [4.69, 9.17) is 4.74 Å². The fraction of sp³-hybridized carbons (Fsp3) is 0.417. The van der Waals surface area contributed by atoms with Gasteiger partial charge in [-0.3, -0.25) is 4.79 Å². The second-order valence-corrected chi connectivity index (χ2v) is 3.87. The van der Waals surface area contributed by atoms with Crippen molar-refractivity contribution in [3.63, 3.8) is 0 Å². The van der Waals surface area contributed by atoms with Crippen LogP contribution in [0.2, 0.25) is 0 Å². The molecule has 0 aliphatic carbocycles. The number of hydrogen-bond acceptors (Lipinski definition) is 3. The van der Waals surface area contributed by atoms with E-state index in [0.717, 1.165) is 5.56 Å². The average Bonchev–Trinajstić information content (AvgIpc) is 2.27. The van der Waals surface area contributed by atoms with Crippen LogP contribution in [0.1, 0.15) is 19.4 Å². The monoisotopic (exact) mass is 208 g/mol. The van der Waals surface area contributed by atoms with Crippen LogP contribution in [-0.2, 0) is 14.9 Å². The summed E-state index contributed by atoms with van der Waals surface area (Å²) in [5.41, 5.74) is 0.446. The molecule has 0 fully saturated rings. The molecule has 1 aromatic carbocycles. The lowest BCUT2D eigenvalue weighted by Gasteiger charge is -2.26. The van der Waals surface area contributed by atoms with Crippen LogP contribution in [0.4, 0.5) is 0 Å². The SMILES string of the molecule is CC(=O)OC[C@](C)(CO)c1ccccc1. The maximum Gasteiger partial charge on any atom is 0.302 e. The largest absolute Gasteiger partial charge is 0.465 e. The van der Waals surface area contributed by atoms with E-state index in [0.29, 0.717) is 0 Å². The molecule has 0 saturated heterocycles. The van der Waals surface area contributed by atoms with Crippen LogP contribution in [0.25, 0.3) is 0 Å². The predicted octanol–water partition coefficient (Wildman–Crippen LogP) is 1.50. The lowest BCUT2D eigenvalue weighted by atomic mass is 9.84. The number of aliphatic hydroxyl groups is 1. The number of carbonyl (C=O) groups is 1. The van der Waals surface area contributed by atoms with Crippen LogP contribution in [0.15, 0.2) is 30.3 Å². The second kappa shape index (κ2) is 4.94. The van der Waals surface area contributed by atoms with Gasteiger partial charge in [0.05, 0.1) is 6.61 Å². The zero-order valence-corrected chi connectivity index (χ0v) is 9.06. The summed E-state index contributed by atoms with van der Waals surface area (Å²) < 4.78 is 4.95. The summed E-state index contributed by atoms with van der Waals surface area (Å²) in [5.74, 6) is -0.328. The van der Waals surface area contributed by atoms with Crippen molar-refractivity contribution in [2.24, 2.45) is 0 Å². The van der Waals surface area contributed by atoms with E-state index in [2.05, 4.69) is 0 Å². The van der Waals surface area contributed by atoms with Crippen LogP contribution in [0.3, 0.4) is 0 Å². The molecule has 0 aliphatic heterocycles. The topological polar surface area (TPSA) is 46.5 Å². The van der Waals surface area contributed by atoms with Crippen molar-refractivity contribution in [2.45, 2.75) is 19.3 Å². The molecule has 1 N–H and O–H groups in total. The van der Waals surface area contributed by atoms with Gasteiger partial charge in [0.2, 0.25) is 0 Å². The van der Waals surface area contributed by atoms with Crippen molar-refractivity contribution < 1.29 is 14.6 Å². The van der Waals surface area contributed by atoms with Crippen molar-refractivity contribution in [1.82, 2.24) is 0 Å². The van der Waals surface area contributed by atoms with Crippen molar-refractivity contribution in [1.29, 1.82) is 0 Å². The van der Waals surface area contributed by atoms with Gasteiger partial charge in [-0.15, -0.1) is 0 Å². The Kier molecular flexibility index (Phi) is 3.86. The molecule has 1 rings (SSSR count). The Morgan fingerprint density at radius 1 is 1.40 bits per heavy atom. The Morgan fingerprint density at radius 3 is 2.47 bits per heavy atom. The van der Waals surface area contributed by atoms with Gasteiger partial charge < -0.3 is 9.84 Å². The Bertz CT molecular complexity index is 321. The van der Waals surface area contributed by atoms with Crippen molar-refractivity contribution in [3.8, 4) is 0 Å². The third-order valence-electron chi connectivity index (χ3n) is 2.41. The zero-order chi connectivity index (χ0) is 11.3. The van der Waals surface area contributed by atoms with Gasteiger partial charge in [-0.05, 0) is 5.56 Å². The Hall–Kier alpha value is -1.35. The minimum absolute atomic E-state index is 0.0513. The number of aliphatic hydroxyl groups excluding tert-OH is 1. The van der Waals surface area contributed by atoms with Gasteiger partial charge in [0.15, 0.2) is 0 Å². The van der Waals surface area contributed by atoms with Gasteiger partial charge in [-0.1, -0.05) is 37.3 Å². The molecule has 82 valence electrons. The van der Waals surface area contributed by atoms with E-state index in [9.17, 15) is 9.90 Å². The van der Waals surface area contributed by atoms with Crippen molar-refractivity contribution >= 4 is 5.97 Å². The Morgan fingerprint density at radius 2 is 2.00 bits per heavy atom. The van der Waals surface area contributed by atoms with E-state index in [1.807, 2.05) is 37.3 Å². The molecular weight excluding hydrogens is 192 g/mol. The van der Waals surface area contributed by atoms with Gasteiger partial charge in [-0.25, -0.2) is 0 Å². The summed E-state index contributed by atoms with van der Waals surface area (Å²) in [4.78, 5) is 10.7. The molecule has 0 amide bonds. The number of benzene rings is 1. The lowest BCUT2D eigenvalue weighted by molar-refractivity contribution is -0.143. The maximum atomic E-state index is 10.7. The smallest absolute Gasteiger partial charge is 0.302 e. The van der Waals surface area contributed by atoms with Crippen LogP contribution in [-0.4, -0.2) is 24.3 Å². The molecule has 0 spiro atoms. The molecule has 0 radical (unpaired) electrons. The fourth-order valence-electron chi connectivity index (χ4n) is 1.32. The highest BCUT2D eigenvalue weighted by Crippen LogP contribution is 2.23. The molecule has 0 bridgehead atoms. The predicted molar refractivity (Wildman–Crippen MR) is 57.5 cm³/mol. The van der Waals surface area contributed by atoms with Gasteiger partial charge in [0.25, 0.3) is 0 Å². The summed E-state index contributed by atoms with van der Waals surface area (Å²) in [7, 11) is 0. The first kappa shape index (κ1) is 11.7. The molecule has 0 unspecified atom stereocenters. The van der Waals surface area contributed by atoms with E-state index < -0.39 is 5.41 Å². The van der Waals surface area contributed by atoms with Crippen LogP contribution < -0.4 is 0 Å². The summed E-state index contributed by atoms with van der Waals surface area (Å²) in [6.07, 6.45) is 0. The third-order valence-corrected chi connectivity index (χ3v) is 2.41. The molecule has 1 atom stereocenters. The highest BCUT2D eigenvalue weighted by Gasteiger charge is 2.27. The number of carbonyl (C=O) groups excluding carboxylic acids is 1. The molecule has 0 heterocycles. The first-order valence-electron chi connectivity index (χ1n) is 4.88. The van der Waals surface area contributed by atoms with Crippen LogP contribution in [0, 0.1) is 0 Å². The first-order chi connectivity index (χ1) is 7.08. The van der Waals surface area contributed by atoms with Gasteiger partial charge in [0, 0.05) is 12.3 Å². The second-order valence-electron chi connectivity index (χ2n) is 3.87. The van der Waals surface area contributed by atoms with E-state index in [-0.39, 0.29) is 19.2 Å². The number of esters is 1. The summed E-state index contributed by atoms with van der Waals surface area (Å²) >= 11 is 0. The van der Waals surface area contributed by atoms with E-state index in [1.165, 1.54) is 6.92 Å². The van der Waals surface area contributed by atoms with Gasteiger partial charge in [-0.2, -0.15) is 0 Å². The van der Waals surface area contributed by atoms with Crippen LogP contribution in [0.5, 0.6) is 0 Å². The molecule has 15 heavy (non-hydrogen) atoms. The maximum absolute atomic E-state index is 10.7. The van der Waals surface area contributed by atoms with Crippen molar-refractivity contribution in [2.75, 3.05) is 13.2 Å². The summed E-state index contributed by atoms with van der Waals surface area (Å²) in [6.45, 7) is 3.38. The number of hydrogen-bond donors (Lipinski definition) is 1. The Balaban J connectivity index is 2.80. The minimum atomic E-state index is -0.521. The van der Waals surface area contributed by atoms with Gasteiger partial charge >= 0.3 is 5.97 Å². The fourth-order valence-corrected chi connectivity index (χ4v) is 1.32. The van der Waals surface area contributed by atoms with Crippen LogP contribution >= 0.6 is 0 Å². The van der Waals surface area contributed by atoms with Gasteiger partial charge in [0.1, 0.15) is 6.61 Å². The molecule has 0 aromatic heterocycles. The Labute approximate surface area is 89.7 Å². The average molecular weight is 208 g/mol. The zero-order valence-electron chi connectivity index (χ0n) is 9.06. The molecule has 1 aromatic rings. The highest BCUT2D eigenvalue weighted by atomic mass is 16.5. The van der Waals surface area contributed by atoms with Crippen molar-refractivity contribution in [3.05, 3.63) is 35.9 Å². The normalized spacial score (nSPS) is 14.3. The number of ether oxygens (including phenoxy) is 1.